The van der Waals surface area contributed by atoms with Crippen molar-refractivity contribution in [2.24, 2.45) is 0 Å². The first kappa shape index (κ1) is 18.0. The Hall–Kier alpha value is -3.33. The van der Waals surface area contributed by atoms with Gasteiger partial charge in [0.05, 0.1) is 17.7 Å². The van der Waals surface area contributed by atoms with E-state index in [2.05, 4.69) is 4.74 Å². The molecule has 0 bridgehead atoms. The number of rotatable bonds is 4. The second-order valence-electron chi connectivity index (χ2n) is 4.79. The molecule has 0 fully saturated rings. The average Bonchev–Trinajstić information content (AvgIpc) is 2.52. The quantitative estimate of drug-likeness (QED) is 0.591. The lowest BCUT2D eigenvalue weighted by molar-refractivity contribution is 0.0599. The molecule has 5 N–H and O–H groups in total. The van der Waals surface area contributed by atoms with Crippen LogP contribution in [0.2, 0.25) is 5.02 Å². The van der Waals surface area contributed by atoms with Crippen LogP contribution in [0.25, 0.3) is 11.1 Å². The van der Waals surface area contributed by atoms with Gasteiger partial charge in [0, 0.05) is 5.56 Å². The number of hydrogen-bond acceptors (Lipinski definition) is 6. The largest absolute Gasteiger partial charge is 0.478 e. The Labute approximate surface area is 144 Å². The van der Waals surface area contributed by atoms with Gasteiger partial charge in [-0.3, -0.25) is 4.79 Å². The molecule has 0 atom stereocenters. The summed E-state index contributed by atoms with van der Waals surface area (Å²) in [4.78, 5) is 48.5. The summed E-state index contributed by atoms with van der Waals surface area (Å²) in [6, 6.07) is 3.62. The number of H-pyrrole nitrogens is 1. The number of aromatic carboxylic acids is 2. The van der Waals surface area contributed by atoms with Crippen molar-refractivity contribution in [3.05, 3.63) is 50.3 Å². The Kier molecular flexibility index (Phi) is 4.79. The van der Waals surface area contributed by atoms with Crippen molar-refractivity contribution in [2.45, 2.75) is 0 Å². The molecule has 1 aromatic heterocycles. The number of carbonyl (C=O) groups is 3. The van der Waals surface area contributed by atoms with Crippen molar-refractivity contribution < 1.29 is 29.3 Å². The fourth-order valence-corrected chi connectivity index (χ4v) is 2.54. The standard InChI is InChI=1S/C15H11ClN2O7/c1-25-15(24)6-3-2-5(4-7(6)16)8-9(13(20)21)11(17)18-12(19)10(8)14(22)23/h2-4H,1H3,(H,20,21)(H,22,23)(H3,17,18,19). The summed E-state index contributed by atoms with van der Waals surface area (Å²) < 4.78 is 4.54. The van der Waals surface area contributed by atoms with Crippen molar-refractivity contribution >= 4 is 35.3 Å². The molecule has 0 amide bonds. The number of carboxylic acid groups (broad SMARTS) is 2. The Morgan fingerprint density at radius 3 is 2.24 bits per heavy atom. The number of pyridine rings is 1. The van der Waals surface area contributed by atoms with Crippen LogP contribution in [-0.2, 0) is 4.74 Å². The Morgan fingerprint density at radius 2 is 1.76 bits per heavy atom. The fourth-order valence-electron chi connectivity index (χ4n) is 2.28. The molecule has 0 spiro atoms. The van der Waals surface area contributed by atoms with Gasteiger partial charge in [-0.1, -0.05) is 17.7 Å². The summed E-state index contributed by atoms with van der Waals surface area (Å²) >= 11 is 5.98. The van der Waals surface area contributed by atoms with Crippen LogP contribution in [0.3, 0.4) is 0 Å². The first-order valence-corrected chi connectivity index (χ1v) is 6.97. The van der Waals surface area contributed by atoms with Crippen LogP contribution < -0.4 is 11.3 Å². The van der Waals surface area contributed by atoms with E-state index in [1.807, 2.05) is 4.98 Å². The number of ether oxygens (including phenoxy) is 1. The summed E-state index contributed by atoms with van der Waals surface area (Å²) in [7, 11) is 1.15. The highest BCUT2D eigenvalue weighted by molar-refractivity contribution is 6.34. The molecule has 0 unspecified atom stereocenters. The van der Waals surface area contributed by atoms with E-state index in [-0.39, 0.29) is 16.1 Å². The minimum atomic E-state index is -1.65. The third kappa shape index (κ3) is 3.17. The predicted octanol–water partition coefficient (Wildman–Crippen LogP) is 1.46. The van der Waals surface area contributed by atoms with E-state index in [0.717, 1.165) is 13.2 Å². The van der Waals surface area contributed by atoms with Gasteiger partial charge >= 0.3 is 17.9 Å². The minimum absolute atomic E-state index is 0.00902. The molecule has 2 aromatic rings. The molecule has 0 aliphatic rings. The highest BCUT2D eigenvalue weighted by Gasteiger charge is 2.27. The monoisotopic (exact) mass is 366 g/mol. The molecule has 0 saturated heterocycles. The van der Waals surface area contributed by atoms with Crippen molar-refractivity contribution in [2.75, 3.05) is 12.8 Å². The maximum Gasteiger partial charge on any atom is 0.342 e. The maximum absolute atomic E-state index is 11.9. The van der Waals surface area contributed by atoms with Crippen LogP contribution in [0.1, 0.15) is 31.1 Å². The molecule has 10 heteroatoms. The first-order valence-electron chi connectivity index (χ1n) is 6.59. The lowest BCUT2D eigenvalue weighted by Gasteiger charge is -2.13. The summed E-state index contributed by atoms with van der Waals surface area (Å²) in [5.41, 5.74) is 2.61. The lowest BCUT2D eigenvalue weighted by atomic mass is 9.94. The van der Waals surface area contributed by atoms with Gasteiger partial charge in [0.1, 0.15) is 16.9 Å². The van der Waals surface area contributed by atoms with Crippen molar-refractivity contribution in [1.82, 2.24) is 4.98 Å². The van der Waals surface area contributed by atoms with Crippen LogP contribution >= 0.6 is 11.6 Å². The van der Waals surface area contributed by atoms with Crippen LogP contribution in [0.5, 0.6) is 0 Å². The summed E-state index contributed by atoms with van der Waals surface area (Å²) in [5.74, 6) is -4.43. The number of carboxylic acids is 2. The molecule has 1 aromatic carbocycles. The summed E-state index contributed by atoms with van der Waals surface area (Å²) in [5, 5.41) is 18.5. The molecular formula is C15H11ClN2O7. The highest BCUT2D eigenvalue weighted by atomic mass is 35.5. The van der Waals surface area contributed by atoms with Crippen LogP contribution in [0.4, 0.5) is 5.82 Å². The Balaban J connectivity index is 2.88. The normalized spacial score (nSPS) is 10.3. The number of esters is 1. The van der Waals surface area contributed by atoms with Gasteiger partial charge < -0.3 is 25.7 Å². The molecular weight excluding hydrogens is 356 g/mol. The Morgan fingerprint density at radius 1 is 1.16 bits per heavy atom. The van der Waals surface area contributed by atoms with E-state index in [9.17, 15) is 29.4 Å². The van der Waals surface area contributed by atoms with E-state index in [0.29, 0.717) is 0 Å². The molecule has 25 heavy (non-hydrogen) atoms. The number of halogens is 1. The summed E-state index contributed by atoms with van der Waals surface area (Å²) in [6.45, 7) is 0. The number of aromatic amines is 1. The van der Waals surface area contributed by atoms with Gasteiger partial charge in [-0.25, -0.2) is 14.4 Å². The molecule has 0 aliphatic heterocycles. The number of carbonyl (C=O) groups excluding carboxylic acids is 1. The first-order chi connectivity index (χ1) is 11.7. The third-order valence-corrected chi connectivity index (χ3v) is 3.65. The van der Waals surface area contributed by atoms with Crippen molar-refractivity contribution in [3.63, 3.8) is 0 Å². The maximum atomic E-state index is 11.9. The lowest BCUT2D eigenvalue weighted by Crippen LogP contribution is -2.24. The number of nitrogens with two attached hydrogens (primary N) is 1. The molecule has 130 valence electrons. The fraction of sp³-hybridized carbons (Fsp3) is 0.0667. The van der Waals surface area contributed by atoms with E-state index in [4.69, 9.17) is 17.3 Å². The van der Waals surface area contributed by atoms with E-state index >= 15 is 0 Å². The number of anilines is 1. The zero-order valence-electron chi connectivity index (χ0n) is 12.6. The minimum Gasteiger partial charge on any atom is -0.478 e. The second-order valence-corrected chi connectivity index (χ2v) is 5.20. The van der Waals surface area contributed by atoms with Crippen LogP contribution in [-0.4, -0.2) is 40.2 Å². The average molecular weight is 367 g/mol. The van der Waals surface area contributed by atoms with Gasteiger partial charge in [0.2, 0.25) is 0 Å². The third-order valence-electron chi connectivity index (χ3n) is 3.34. The van der Waals surface area contributed by atoms with Gasteiger partial charge in [-0.05, 0) is 17.7 Å². The molecule has 0 saturated carbocycles. The number of methoxy groups -OCH3 is 1. The molecule has 2 rings (SSSR count). The Bertz CT molecular complexity index is 965. The molecule has 0 radical (unpaired) electrons. The molecule has 1 heterocycles. The summed E-state index contributed by atoms with van der Waals surface area (Å²) in [6.07, 6.45) is 0. The number of benzene rings is 1. The van der Waals surface area contributed by atoms with Crippen LogP contribution in [0.15, 0.2) is 23.0 Å². The number of nitrogen functional groups attached to an aromatic ring is 1. The van der Waals surface area contributed by atoms with Crippen molar-refractivity contribution in [1.29, 1.82) is 0 Å². The predicted molar refractivity (Wildman–Crippen MR) is 87.2 cm³/mol. The number of nitrogens with one attached hydrogen (secondary N) is 1. The molecule has 9 nitrogen and oxygen atoms in total. The number of aromatic nitrogens is 1. The van der Waals surface area contributed by atoms with E-state index < -0.39 is 46.0 Å². The zero-order chi connectivity index (χ0) is 18.9. The van der Waals surface area contributed by atoms with E-state index in [1.165, 1.54) is 12.1 Å². The van der Waals surface area contributed by atoms with Gasteiger partial charge in [0.15, 0.2) is 0 Å². The van der Waals surface area contributed by atoms with Crippen molar-refractivity contribution in [3.8, 4) is 11.1 Å². The number of hydrogen-bond donors (Lipinski definition) is 4. The van der Waals surface area contributed by atoms with E-state index in [1.54, 1.807) is 0 Å². The highest BCUT2D eigenvalue weighted by Crippen LogP contribution is 2.32. The van der Waals surface area contributed by atoms with Gasteiger partial charge in [0.25, 0.3) is 5.56 Å². The topological polar surface area (TPSA) is 160 Å². The van der Waals surface area contributed by atoms with Gasteiger partial charge in [-0.15, -0.1) is 0 Å². The van der Waals surface area contributed by atoms with Gasteiger partial charge in [-0.2, -0.15) is 0 Å². The smallest absolute Gasteiger partial charge is 0.342 e. The SMILES string of the molecule is COC(=O)c1ccc(-c2c(C(=O)O)c(N)[nH]c(=O)c2C(=O)O)cc1Cl. The second kappa shape index (κ2) is 6.65. The molecule has 0 aliphatic carbocycles. The van der Waals surface area contributed by atoms with Crippen LogP contribution in [0, 0.1) is 0 Å². The zero-order valence-corrected chi connectivity index (χ0v) is 13.4.